The minimum absolute atomic E-state index is 0.578. The van der Waals surface area contributed by atoms with Crippen LogP contribution in [0.15, 0.2) is 36.7 Å². The Morgan fingerprint density at radius 2 is 2.00 bits per heavy atom. The van der Waals surface area contributed by atoms with Gasteiger partial charge in [-0.05, 0) is 43.4 Å². The van der Waals surface area contributed by atoms with E-state index in [0.29, 0.717) is 5.92 Å². The molecule has 1 aliphatic carbocycles. The van der Waals surface area contributed by atoms with Gasteiger partial charge in [-0.1, -0.05) is 24.3 Å². The monoisotopic (exact) mass is 321 g/mol. The van der Waals surface area contributed by atoms with Crippen molar-refractivity contribution >= 4 is 0 Å². The van der Waals surface area contributed by atoms with E-state index in [1.807, 2.05) is 10.9 Å². The molecule has 3 aromatic rings. The molecule has 1 aliphatic rings. The molecule has 24 heavy (non-hydrogen) atoms. The predicted molar refractivity (Wildman–Crippen MR) is 92.9 cm³/mol. The molecule has 5 heteroatoms. The van der Waals surface area contributed by atoms with Gasteiger partial charge in [-0.2, -0.15) is 10.2 Å². The van der Waals surface area contributed by atoms with E-state index in [4.69, 9.17) is 10.1 Å². The maximum Gasteiger partial charge on any atom is 0.154 e. The highest BCUT2D eigenvalue weighted by atomic mass is 15.4. The molecule has 0 amide bonds. The van der Waals surface area contributed by atoms with Gasteiger partial charge in [0.1, 0.15) is 5.82 Å². The SMILES string of the molecule is Cc1cnn(CCc2nc(C3CC3)nn2Cc2ccccc2C)c1. The van der Waals surface area contributed by atoms with Crippen molar-refractivity contribution in [1.82, 2.24) is 24.5 Å². The van der Waals surface area contributed by atoms with E-state index < -0.39 is 0 Å². The Kier molecular flexibility index (Phi) is 3.92. The summed E-state index contributed by atoms with van der Waals surface area (Å²) in [4.78, 5) is 4.83. The van der Waals surface area contributed by atoms with Crippen LogP contribution in [0.25, 0.3) is 0 Å². The van der Waals surface area contributed by atoms with Crippen LogP contribution in [-0.4, -0.2) is 24.5 Å². The molecule has 1 saturated carbocycles. The topological polar surface area (TPSA) is 48.5 Å². The smallest absolute Gasteiger partial charge is 0.154 e. The first-order valence-corrected chi connectivity index (χ1v) is 8.66. The van der Waals surface area contributed by atoms with Crippen molar-refractivity contribution in [2.75, 3.05) is 0 Å². The van der Waals surface area contributed by atoms with Gasteiger partial charge in [-0.15, -0.1) is 0 Å². The molecule has 1 fully saturated rings. The van der Waals surface area contributed by atoms with Crippen LogP contribution >= 0.6 is 0 Å². The van der Waals surface area contributed by atoms with Crippen molar-refractivity contribution in [2.45, 2.75) is 52.1 Å². The third kappa shape index (κ3) is 3.25. The second kappa shape index (κ2) is 6.23. The summed E-state index contributed by atoms with van der Waals surface area (Å²) in [5.74, 6) is 2.66. The fraction of sp³-hybridized carbons (Fsp3) is 0.421. The molecule has 0 N–H and O–H groups in total. The highest BCUT2D eigenvalue weighted by Crippen LogP contribution is 2.38. The van der Waals surface area contributed by atoms with Gasteiger partial charge in [0.05, 0.1) is 12.7 Å². The van der Waals surface area contributed by atoms with Crippen LogP contribution in [0.1, 0.15) is 47.1 Å². The molecule has 0 aliphatic heterocycles. The molecule has 2 heterocycles. The number of hydrogen-bond donors (Lipinski definition) is 0. The van der Waals surface area contributed by atoms with E-state index in [2.05, 4.69) is 54.1 Å². The summed E-state index contributed by atoms with van der Waals surface area (Å²) >= 11 is 0. The molecule has 4 rings (SSSR count). The highest BCUT2D eigenvalue weighted by molar-refractivity contribution is 5.26. The van der Waals surface area contributed by atoms with Crippen molar-refractivity contribution in [3.63, 3.8) is 0 Å². The Bertz CT molecular complexity index is 841. The quantitative estimate of drug-likeness (QED) is 0.700. The Morgan fingerprint density at radius 1 is 1.17 bits per heavy atom. The zero-order valence-electron chi connectivity index (χ0n) is 14.3. The molecule has 0 bridgehead atoms. The standard InChI is InChI=1S/C19H23N5/c1-14-11-20-23(12-14)10-9-18-21-19(16-7-8-16)22-24(18)13-17-6-4-3-5-15(17)2/h3-6,11-12,16H,7-10,13H2,1-2H3. The molecule has 0 saturated heterocycles. The van der Waals surface area contributed by atoms with Gasteiger partial charge in [0.2, 0.25) is 0 Å². The number of aryl methyl sites for hydroxylation is 4. The maximum absolute atomic E-state index is 4.83. The van der Waals surface area contributed by atoms with Crippen molar-refractivity contribution in [3.05, 3.63) is 65.0 Å². The van der Waals surface area contributed by atoms with E-state index in [-0.39, 0.29) is 0 Å². The molecule has 124 valence electrons. The second-order valence-electron chi connectivity index (χ2n) is 6.78. The van der Waals surface area contributed by atoms with Crippen LogP contribution in [0.4, 0.5) is 0 Å². The van der Waals surface area contributed by atoms with E-state index in [1.54, 1.807) is 0 Å². The van der Waals surface area contributed by atoms with Gasteiger partial charge in [-0.25, -0.2) is 9.67 Å². The molecular formula is C19H23N5. The fourth-order valence-corrected chi connectivity index (χ4v) is 2.97. The van der Waals surface area contributed by atoms with Crippen LogP contribution in [-0.2, 0) is 19.5 Å². The lowest BCUT2D eigenvalue weighted by molar-refractivity contribution is 0.561. The summed E-state index contributed by atoms with van der Waals surface area (Å²) in [6.45, 7) is 5.85. The first-order chi connectivity index (χ1) is 11.7. The van der Waals surface area contributed by atoms with Crippen LogP contribution in [0.2, 0.25) is 0 Å². The van der Waals surface area contributed by atoms with Crippen molar-refractivity contribution in [3.8, 4) is 0 Å². The van der Waals surface area contributed by atoms with Crippen LogP contribution in [0, 0.1) is 13.8 Å². The summed E-state index contributed by atoms with van der Waals surface area (Å²) in [7, 11) is 0. The normalized spacial score (nSPS) is 14.2. The summed E-state index contributed by atoms with van der Waals surface area (Å²) in [5.41, 5.74) is 3.80. The average molecular weight is 321 g/mol. The number of hydrogen-bond acceptors (Lipinski definition) is 3. The maximum atomic E-state index is 4.83. The van der Waals surface area contributed by atoms with Crippen molar-refractivity contribution in [1.29, 1.82) is 0 Å². The third-order valence-electron chi connectivity index (χ3n) is 4.62. The van der Waals surface area contributed by atoms with E-state index >= 15 is 0 Å². The summed E-state index contributed by atoms with van der Waals surface area (Å²) in [6.07, 6.45) is 7.28. The lowest BCUT2D eigenvalue weighted by atomic mass is 10.1. The van der Waals surface area contributed by atoms with E-state index in [0.717, 1.165) is 31.2 Å². The van der Waals surface area contributed by atoms with Gasteiger partial charge >= 0.3 is 0 Å². The summed E-state index contributed by atoms with van der Waals surface area (Å²) in [6, 6.07) is 8.50. The Morgan fingerprint density at radius 3 is 2.71 bits per heavy atom. The fourth-order valence-electron chi connectivity index (χ4n) is 2.97. The number of benzene rings is 1. The van der Waals surface area contributed by atoms with Crippen molar-refractivity contribution in [2.24, 2.45) is 0 Å². The van der Waals surface area contributed by atoms with Crippen LogP contribution < -0.4 is 0 Å². The van der Waals surface area contributed by atoms with Gasteiger partial charge < -0.3 is 0 Å². The van der Waals surface area contributed by atoms with Crippen LogP contribution in [0.3, 0.4) is 0 Å². The molecule has 2 aromatic heterocycles. The predicted octanol–water partition coefficient (Wildman–Crippen LogP) is 3.26. The molecule has 0 atom stereocenters. The van der Waals surface area contributed by atoms with Crippen molar-refractivity contribution < 1.29 is 0 Å². The van der Waals surface area contributed by atoms with Crippen LogP contribution in [0.5, 0.6) is 0 Å². The number of aromatic nitrogens is 5. The Hall–Kier alpha value is -2.43. The van der Waals surface area contributed by atoms with E-state index in [1.165, 1.54) is 29.5 Å². The number of nitrogens with zero attached hydrogens (tertiary/aromatic N) is 5. The summed E-state index contributed by atoms with van der Waals surface area (Å²) in [5, 5.41) is 9.17. The minimum atomic E-state index is 0.578. The zero-order valence-corrected chi connectivity index (χ0v) is 14.3. The minimum Gasteiger partial charge on any atom is -0.272 e. The summed E-state index contributed by atoms with van der Waals surface area (Å²) < 4.78 is 4.07. The largest absolute Gasteiger partial charge is 0.272 e. The average Bonchev–Trinajstić information content (AvgIpc) is 3.22. The lowest BCUT2D eigenvalue weighted by Gasteiger charge is -2.08. The second-order valence-corrected chi connectivity index (χ2v) is 6.78. The third-order valence-corrected chi connectivity index (χ3v) is 4.62. The van der Waals surface area contributed by atoms with Gasteiger partial charge in [0.25, 0.3) is 0 Å². The first kappa shape index (κ1) is 15.1. The molecular weight excluding hydrogens is 298 g/mol. The van der Waals surface area contributed by atoms with Gasteiger partial charge in [0, 0.05) is 25.1 Å². The molecule has 0 spiro atoms. The van der Waals surface area contributed by atoms with Gasteiger partial charge in [0.15, 0.2) is 5.82 Å². The Balaban J connectivity index is 1.56. The Labute approximate surface area is 142 Å². The van der Waals surface area contributed by atoms with Gasteiger partial charge in [-0.3, -0.25) is 4.68 Å². The molecule has 0 radical (unpaired) electrons. The first-order valence-electron chi connectivity index (χ1n) is 8.66. The molecule has 1 aromatic carbocycles. The highest BCUT2D eigenvalue weighted by Gasteiger charge is 2.29. The number of rotatable bonds is 6. The zero-order chi connectivity index (χ0) is 16.5. The molecule has 5 nitrogen and oxygen atoms in total. The lowest BCUT2D eigenvalue weighted by Crippen LogP contribution is -2.11. The molecule has 0 unspecified atom stereocenters. The van der Waals surface area contributed by atoms with E-state index in [9.17, 15) is 0 Å².